The van der Waals surface area contributed by atoms with Gasteiger partial charge in [-0.2, -0.15) is 0 Å². The zero-order chi connectivity index (χ0) is 12.3. The lowest BCUT2D eigenvalue weighted by atomic mass is 10.1. The summed E-state index contributed by atoms with van der Waals surface area (Å²) >= 11 is 0. The normalized spacial score (nSPS) is 28.4. The fraction of sp³-hybridized carbons (Fsp3) is 0.917. The van der Waals surface area contributed by atoms with Crippen molar-refractivity contribution in [1.82, 2.24) is 15.1 Å². The number of nitrogens with one attached hydrogen (secondary N) is 1. The summed E-state index contributed by atoms with van der Waals surface area (Å²) in [6, 6.07) is -0.0189. The Hall–Kier alpha value is -0.650. The van der Waals surface area contributed by atoms with Crippen LogP contribution >= 0.6 is 0 Å². The second kappa shape index (κ2) is 5.80. The first kappa shape index (κ1) is 12.8. The summed E-state index contributed by atoms with van der Waals surface area (Å²) in [6.45, 7) is 7.57. The minimum absolute atomic E-state index is 0.0189. The molecule has 1 amide bonds. The molecule has 2 unspecified atom stereocenters. The highest BCUT2D eigenvalue weighted by molar-refractivity contribution is 5.81. The third-order valence-electron chi connectivity index (χ3n) is 3.91. The zero-order valence-corrected chi connectivity index (χ0v) is 10.6. The van der Waals surface area contributed by atoms with Gasteiger partial charge in [-0.15, -0.1) is 0 Å². The van der Waals surface area contributed by atoms with Gasteiger partial charge in [0, 0.05) is 51.8 Å². The predicted molar refractivity (Wildman–Crippen MR) is 65.7 cm³/mol. The van der Waals surface area contributed by atoms with Crippen LogP contribution < -0.4 is 5.32 Å². The molecule has 2 rings (SSSR count). The Balaban J connectivity index is 1.86. The maximum Gasteiger partial charge on any atom is 0.239 e. The molecule has 0 aliphatic carbocycles. The zero-order valence-electron chi connectivity index (χ0n) is 10.6. The number of carbonyl (C=O) groups is 1. The molecule has 17 heavy (non-hydrogen) atoms. The maximum atomic E-state index is 12.3. The Morgan fingerprint density at radius 2 is 2.12 bits per heavy atom. The highest BCUT2D eigenvalue weighted by atomic mass is 16.3. The van der Waals surface area contributed by atoms with Gasteiger partial charge in [0.25, 0.3) is 0 Å². The molecule has 0 saturated carbocycles. The van der Waals surface area contributed by atoms with Gasteiger partial charge < -0.3 is 15.3 Å². The average Bonchev–Trinajstić information content (AvgIpc) is 2.87. The second-order valence-electron chi connectivity index (χ2n) is 5.08. The van der Waals surface area contributed by atoms with Crippen molar-refractivity contribution in [3.8, 4) is 0 Å². The lowest BCUT2D eigenvalue weighted by Crippen LogP contribution is -2.53. The molecule has 2 saturated heterocycles. The number of hydrogen-bond donors (Lipinski definition) is 2. The molecule has 0 spiro atoms. The molecule has 0 bridgehead atoms. The van der Waals surface area contributed by atoms with Crippen molar-refractivity contribution in [3.05, 3.63) is 0 Å². The van der Waals surface area contributed by atoms with Gasteiger partial charge in [-0.25, -0.2) is 0 Å². The Bertz CT molecular complexity index is 266. The number of hydrogen-bond acceptors (Lipinski definition) is 4. The second-order valence-corrected chi connectivity index (χ2v) is 5.08. The number of aliphatic hydroxyl groups is 1. The van der Waals surface area contributed by atoms with E-state index < -0.39 is 0 Å². The summed E-state index contributed by atoms with van der Waals surface area (Å²) in [4.78, 5) is 16.4. The van der Waals surface area contributed by atoms with Crippen molar-refractivity contribution in [3.63, 3.8) is 0 Å². The molecule has 2 heterocycles. The molecule has 5 heteroatoms. The quantitative estimate of drug-likeness (QED) is 0.674. The van der Waals surface area contributed by atoms with Crippen LogP contribution in [0.25, 0.3) is 0 Å². The van der Waals surface area contributed by atoms with E-state index >= 15 is 0 Å². The number of rotatable bonds is 3. The standard InChI is InChI=1S/C12H23N3O2/c1-10(14-6-3-13-4-7-14)12(17)15-5-2-11(8-15)9-16/h10-11,13,16H,2-9H2,1H3. The molecule has 98 valence electrons. The summed E-state index contributed by atoms with van der Waals surface area (Å²) in [5.41, 5.74) is 0. The van der Waals surface area contributed by atoms with Crippen LogP contribution in [0, 0.1) is 5.92 Å². The van der Waals surface area contributed by atoms with Gasteiger partial charge in [0.2, 0.25) is 5.91 Å². The van der Waals surface area contributed by atoms with Gasteiger partial charge in [-0.05, 0) is 13.3 Å². The molecular formula is C12H23N3O2. The number of nitrogens with zero attached hydrogens (tertiary/aromatic N) is 2. The molecule has 0 aromatic heterocycles. The molecule has 2 N–H and O–H groups in total. The third kappa shape index (κ3) is 2.97. The molecule has 2 atom stereocenters. The summed E-state index contributed by atoms with van der Waals surface area (Å²) in [5, 5.41) is 12.4. The first-order valence-electron chi connectivity index (χ1n) is 6.56. The van der Waals surface area contributed by atoms with Crippen LogP contribution in [0.1, 0.15) is 13.3 Å². The van der Waals surface area contributed by atoms with Crippen LogP contribution in [-0.2, 0) is 4.79 Å². The third-order valence-corrected chi connectivity index (χ3v) is 3.91. The number of likely N-dealkylation sites (tertiary alicyclic amines) is 1. The predicted octanol–water partition coefficient (Wildman–Crippen LogP) is -0.879. The van der Waals surface area contributed by atoms with Crippen LogP contribution in [0.5, 0.6) is 0 Å². The van der Waals surface area contributed by atoms with E-state index in [1.54, 1.807) is 0 Å². The molecular weight excluding hydrogens is 218 g/mol. The molecule has 0 aromatic rings. The Morgan fingerprint density at radius 3 is 2.71 bits per heavy atom. The van der Waals surface area contributed by atoms with Gasteiger partial charge in [0.15, 0.2) is 0 Å². The molecule has 0 aromatic carbocycles. The van der Waals surface area contributed by atoms with Crippen LogP contribution in [-0.4, -0.2) is 72.7 Å². The van der Waals surface area contributed by atoms with Crippen molar-refractivity contribution in [1.29, 1.82) is 0 Å². The highest BCUT2D eigenvalue weighted by Crippen LogP contribution is 2.17. The SMILES string of the molecule is CC(C(=O)N1CCC(CO)C1)N1CCNCC1. The van der Waals surface area contributed by atoms with E-state index in [-0.39, 0.29) is 24.5 Å². The Labute approximate surface area is 103 Å². The van der Waals surface area contributed by atoms with E-state index in [2.05, 4.69) is 10.2 Å². The fourth-order valence-corrected chi connectivity index (χ4v) is 2.67. The van der Waals surface area contributed by atoms with E-state index in [0.717, 1.165) is 45.7 Å². The molecule has 2 fully saturated rings. The number of aliphatic hydroxyl groups excluding tert-OH is 1. The van der Waals surface area contributed by atoms with Crippen LogP contribution in [0.4, 0.5) is 0 Å². The molecule has 2 aliphatic heterocycles. The topological polar surface area (TPSA) is 55.8 Å². The van der Waals surface area contributed by atoms with Gasteiger partial charge >= 0.3 is 0 Å². The summed E-state index contributed by atoms with van der Waals surface area (Å²) in [7, 11) is 0. The molecule has 5 nitrogen and oxygen atoms in total. The van der Waals surface area contributed by atoms with E-state index in [4.69, 9.17) is 5.11 Å². The van der Waals surface area contributed by atoms with Crippen molar-refractivity contribution in [2.75, 3.05) is 45.9 Å². The van der Waals surface area contributed by atoms with Crippen LogP contribution in [0.2, 0.25) is 0 Å². The summed E-state index contributed by atoms with van der Waals surface area (Å²) < 4.78 is 0. The summed E-state index contributed by atoms with van der Waals surface area (Å²) in [5.74, 6) is 0.511. The molecule has 2 aliphatic rings. The first-order valence-corrected chi connectivity index (χ1v) is 6.56. The lowest BCUT2D eigenvalue weighted by Gasteiger charge is -2.34. The number of piperazine rings is 1. The van der Waals surface area contributed by atoms with E-state index in [1.807, 2.05) is 11.8 Å². The van der Waals surface area contributed by atoms with Crippen molar-refractivity contribution in [2.45, 2.75) is 19.4 Å². The van der Waals surface area contributed by atoms with Gasteiger partial charge in [-0.3, -0.25) is 9.69 Å². The lowest BCUT2D eigenvalue weighted by molar-refractivity contribution is -0.135. The van der Waals surface area contributed by atoms with Gasteiger partial charge in [0.05, 0.1) is 6.04 Å². The number of amides is 1. The van der Waals surface area contributed by atoms with Gasteiger partial charge in [-0.1, -0.05) is 0 Å². The largest absolute Gasteiger partial charge is 0.396 e. The first-order chi connectivity index (χ1) is 8.22. The van der Waals surface area contributed by atoms with E-state index in [9.17, 15) is 4.79 Å². The fourth-order valence-electron chi connectivity index (χ4n) is 2.67. The van der Waals surface area contributed by atoms with Crippen LogP contribution in [0.3, 0.4) is 0 Å². The Morgan fingerprint density at radius 1 is 1.41 bits per heavy atom. The minimum atomic E-state index is -0.0189. The maximum absolute atomic E-state index is 12.3. The molecule has 0 radical (unpaired) electrons. The highest BCUT2D eigenvalue weighted by Gasteiger charge is 2.31. The average molecular weight is 241 g/mol. The monoisotopic (exact) mass is 241 g/mol. The number of carbonyl (C=O) groups excluding carboxylic acids is 1. The smallest absolute Gasteiger partial charge is 0.239 e. The van der Waals surface area contributed by atoms with E-state index in [1.165, 1.54) is 0 Å². The van der Waals surface area contributed by atoms with Crippen LogP contribution in [0.15, 0.2) is 0 Å². The van der Waals surface area contributed by atoms with Crippen molar-refractivity contribution in [2.24, 2.45) is 5.92 Å². The van der Waals surface area contributed by atoms with E-state index in [0.29, 0.717) is 0 Å². The van der Waals surface area contributed by atoms with Crippen molar-refractivity contribution < 1.29 is 9.90 Å². The minimum Gasteiger partial charge on any atom is -0.396 e. The van der Waals surface area contributed by atoms with Crippen molar-refractivity contribution >= 4 is 5.91 Å². The van der Waals surface area contributed by atoms with Gasteiger partial charge in [0.1, 0.15) is 0 Å². The summed E-state index contributed by atoms with van der Waals surface area (Å²) in [6.07, 6.45) is 0.941. The Kier molecular flexibility index (Phi) is 4.36.